The first-order chi connectivity index (χ1) is 11.6. The van der Waals surface area contributed by atoms with E-state index in [-0.39, 0.29) is 17.9 Å². The molecular formula is C18H26N4O2. The average Bonchev–Trinajstić information content (AvgIpc) is 3.35. The average molecular weight is 330 g/mol. The molecule has 3 amide bonds. The number of hydrogen-bond donors (Lipinski definition) is 2. The van der Waals surface area contributed by atoms with Crippen molar-refractivity contribution in [1.29, 1.82) is 0 Å². The first kappa shape index (κ1) is 16.6. The number of para-hydroxylation sites is 2. The van der Waals surface area contributed by atoms with E-state index in [1.807, 2.05) is 36.2 Å². The fraction of sp³-hybridized carbons (Fsp3) is 0.556. The number of carbonyl (C=O) groups excluding carboxylic acids is 2. The van der Waals surface area contributed by atoms with E-state index in [1.54, 1.807) is 0 Å². The van der Waals surface area contributed by atoms with Gasteiger partial charge in [-0.05, 0) is 31.9 Å². The number of nitrogens with one attached hydrogen (secondary N) is 2. The normalized spacial score (nSPS) is 20.2. The van der Waals surface area contributed by atoms with Crippen LogP contribution >= 0.6 is 0 Å². The molecule has 0 radical (unpaired) electrons. The van der Waals surface area contributed by atoms with Gasteiger partial charge in [0.15, 0.2) is 0 Å². The molecule has 2 fully saturated rings. The molecule has 6 heteroatoms. The van der Waals surface area contributed by atoms with Crippen molar-refractivity contribution in [2.24, 2.45) is 5.92 Å². The molecule has 6 nitrogen and oxygen atoms in total. The molecule has 1 heterocycles. The minimum absolute atomic E-state index is 0.218. The second kappa shape index (κ2) is 7.11. The van der Waals surface area contributed by atoms with Crippen LogP contribution in [0.4, 0.5) is 16.2 Å². The fourth-order valence-corrected chi connectivity index (χ4v) is 3.17. The molecule has 1 aliphatic heterocycles. The zero-order valence-corrected chi connectivity index (χ0v) is 14.4. The molecule has 0 unspecified atom stereocenters. The van der Waals surface area contributed by atoms with Crippen molar-refractivity contribution in [3.05, 3.63) is 24.3 Å². The van der Waals surface area contributed by atoms with Crippen LogP contribution in [0.15, 0.2) is 24.3 Å². The molecule has 1 saturated heterocycles. The van der Waals surface area contributed by atoms with Crippen LogP contribution in [0.3, 0.4) is 0 Å². The van der Waals surface area contributed by atoms with E-state index in [0.29, 0.717) is 19.0 Å². The van der Waals surface area contributed by atoms with Gasteiger partial charge in [0, 0.05) is 45.1 Å². The monoisotopic (exact) mass is 330 g/mol. The van der Waals surface area contributed by atoms with Crippen molar-refractivity contribution in [2.75, 3.05) is 36.9 Å². The third-order valence-electron chi connectivity index (χ3n) is 4.82. The van der Waals surface area contributed by atoms with Crippen molar-refractivity contribution in [3.8, 4) is 0 Å². The Bertz CT molecular complexity index is 615. The van der Waals surface area contributed by atoms with Gasteiger partial charge in [-0.2, -0.15) is 0 Å². The highest BCUT2D eigenvalue weighted by Crippen LogP contribution is 2.32. The SMILES string of the molecule is CCN(C)c1ccccc1NC(=O)NC[C@@H]1CC(=O)N(C2CC2)C1. The number of hydrogen-bond acceptors (Lipinski definition) is 3. The molecule has 1 saturated carbocycles. The number of likely N-dealkylation sites (tertiary alicyclic amines) is 1. The van der Waals surface area contributed by atoms with Crippen molar-refractivity contribution < 1.29 is 9.59 Å². The van der Waals surface area contributed by atoms with Crippen LogP contribution < -0.4 is 15.5 Å². The number of nitrogens with zero attached hydrogens (tertiary/aromatic N) is 2. The highest BCUT2D eigenvalue weighted by molar-refractivity contribution is 5.93. The zero-order chi connectivity index (χ0) is 17.1. The molecule has 1 aliphatic carbocycles. The van der Waals surface area contributed by atoms with Crippen LogP contribution in [-0.4, -0.2) is 49.6 Å². The van der Waals surface area contributed by atoms with E-state index in [2.05, 4.69) is 22.5 Å². The molecule has 0 aromatic heterocycles. The summed E-state index contributed by atoms with van der Waals surface area (Å²) in [7, 11) is 2.00. The molecule has 1 aromatic rings. The fourth-order valence-electron chi connectivity index (χ4n) is 3.17. The molecule has 130 valence electrons. The van der Waals surface area contributed by atoms with Crippen LogP contribution in [0.2, 0.25) is 0 Å². The molecule has 2 aliphatic rings. The summed E-state index contributed by atoms with van der Waals surface area (Å²) in [4.78, 5) is 28.2. The van der Waals surface area contributed by atoms with Gasteiger partial charge >= 0.3 is 6.03 Å². The molecule has 1 atom stereocenters. The topological polar surface area (TPSA) is 64.7 Å². The molecular weight excluding hydrogens is 304 g/mol. The van der Waals surface area contributed by atoms with E-state index in [1.165, 1.54) is 0 Å². The summed E-state index contributed by atoms with van der Waals surface area (Å²) in [6.07, 6.45) is 2.81. The van der Waals surface area contributed by atoms with Crippen molar-refractivity contribution >= 4 is 23.3 Å². The molecule has 2 N–H and O–H groups in total. The first-order valence-corrected chi connectivity index (χ1v) is 8.73. The highest BCUT2D eigenvalue weighted by Gasteiger charge is 2.39. The van der Waals surface area contributed by atoms with Gasteiger partial charge < -0.3 is 20.4 Å². The van der Waals surface area contributed by atoms with Gasteiger partial charge in [0.05, 0.1) is 11.4 Å². The molecule has 3 rings (SSSR count). The Hall–Kier alpha value is -2.24. The number of rotatable bonds is 6. The standard InChI is InChI=1S/C18H26N4O2/c1-3-21(2)16-7-5-4-6-15(16)20-18(24)19-11-13-10-17(23)22(12-13)14-8-9-14/h4-7,13-14H,3,8-12H2,1-2H3,(H2,19,20,24)/t13-/m0/s1. The van der Waals surface area contributed by atoms with E-state index in [0.717, 1.165) is 37.3 Å². The maximum atomic E-state index is 12.2. The minimum Gasteiger partial charge on any atom is -0.373 e. The molecule has 1 aromatic carbocycles. The molecule has 0 spiro atoms. The van der Waals surface area contributed by atoms with Crippen LogP contribution in [0, 0.1) is 5.92 Å². The summed E-state index contributed by atoms with van der Waals surface area (Å²) >= 11 is 0. The van der Waals surface area contributed by atoms with Gasteiger partial charge in [-0.1, -0.05) is 12.1 Å². The second-order valence-corrected chi connectivity index (χ2v) is 6.71. The van der Waals surface area contributed by atoms with Crippen molar-refractivity contribution in [3.63, 3.8) is 0 Å². The summed E-state index contributed by atoms with van der Waals surface area (Å²) in [5.41, 5.74) is 1.78. The number of urea groups is 1. The summed E-state index contributed by atoms with van der Waals surface area (Å²) in [5.74, 6) is 0.456. The predicted molar refractivity (Wildman–Crippen MR) is 95.2 cm³/mol. The van der Waals surface area contributed by atoms with E-state index in [9.17, 15) is 9.59 Å². The predicted octanol–water partition coefficient (Wildman–Crippen LogP) is 2.28. The third kappa shape index (κ3) is 3.80. The summed E-state index contributed by atoms with van der Waals surface area (Å²) in [6, 6.07) is 8.00. The maximum Gasteiger partial charge on any atom is 0.319 e. The minimum atomic E-state index is -0.218. The summed E-state index contributed by atoms with van der Waals surface area (Å²) < 4.78 is 0. The molecule has 24 heavy (non-hydrogen) atoms. The van der Waals surface area contributed by atoms with Gasteiger partial charge in [0.25, 0.3) is 0 Å². The van der Waals surface area contributed by atoms with E-state index >= 15 is 0 Å². The molecule has 0 bridgehead atoms. The zero-order valence-electron chi connectivity index (χ0n) is 14.4. The van der Waals surface area contributed by atoms with Gasteiger partial charge in [-0.25, -0.2) is 4.79 Å². The largest absolute Gasteiger partial charge is 0.373 e. The lowest BCUT2D eigenvalue weighted by molar-refractivity contribution is -0.128. The van der Waals surface area contributed by atoms with Gasteiger partial charge in [-0.15, -0.1) is 0 Å². The van der Waals surface area contributed by atoms with Crippen LogP contribution in [0.25, 0.3) is 0 Å². The quantitative estimate of drug-likeness (QED) is 0.841. The summed E-state index contributed by atoms with van der Waals surface area (Å²) in [5, 5.41) is 5.83. The third-order valence-corrected chi connectivity index (χ3v) is 4.82. The van der Waals surface area contributed by atoms with E-state index < -0.39 is 0 Å². The van der Waals surface area contributed by atoms with E-state index in [4.69, 9.17) is 0 Å². The Kier molecular flexibility index (Phi) is 4.92. The van der Waals surface area contributed by atoms with Crippen molar-refractivity contribution in [1.82, 2.24) is 10.2 Å². The second-order valence-electron chi connectivity index (χ2n) is 6.71. The number of benzene rings is 1. The Labute approximate surface area is 143 Å². The first-order valence-electron chi connectivity index (χ1n) is 8.73. The van der Waals surface area contributed by atoms with Gasteiger partial charge in [0.2, 0.25) is 5.91 Å². The Morgan fingerprint density at radius 2 is 2.08 bits per heavy atom. The van der Waals surface area contributed by atoms with Gasteiger partial charge in [-0.3, -0.25) is 4.79 Å². The van der Waals surface area contributed by atoms with Crippen LogP contribution in [-0.2, 0) is 4.79 Å². The maximum absolute atomic E-state index is 12.2. The Morgan fingerprint density at radius 3 is 2.79 bits per heavy atom. The summed E-state index contributed by atoms with van der Waals surface area (Å²) in [6.45, 7) is 4.24. The lowest BCUT2D eigenvalue weighted by Gasteiger charge is -2.21. The van der Waals surface area contributed by atoms with Crippen molar-refractivity contribution in [2.45, 2.75) is 32.2 Å². The Balaban J connectivity index is 1.50. The van der Waals surface area contributed by atoms with Crippen LogP contribution in [0.5, 0.6) is 0 Å². The number of carbonyl (C=O) groups is 2. The lowest BCUT2D eigenvalue weighted by atomic mass is 10.1. The number of anilines is 2. The van der Waals surface area contributed by atoms with Crippen LogP contribution in [0.1, 0.15) is 26.2 Å². The smallest absolute Gasteiger partial charge is 0.319 e. The van der Waals surface area contributed by atoms with Gasteiger partial charge in [0.1, 0.15) is 0 Å². The lowest BCUT2D eigenvalue weighted by Crippen LogP contribution is -2.35. The Morgan fingerprint density at radius 1 is 1.33 bits per heavy atom. The number of amides is 3. The highest BCUT2D eigenvalue weighted by atomic mass is 16.2.